The van der Waals surface area contributed by atoms with Crippen molar-refractivity contribution in [3.05, 3.63) is 53.3 Å². The van der Waals surface area contributed by atoms with E-state index >= 15 is 0 Å². The SMILES string of the molecule is CCCn1c(C)c(C(=O)NCc2cccnc2N2CCN(C)CC2)c2cc(OC)ccc21. The maximum atomic E-state index is 13.4. The Bertz CT molecular complexity index is 1100. The molecule has 1 aromatic carbocycles. The molecule has 1 N–H and O–H groups in total. The lowest BCUT2D eigenvalue weighted by Gasteiger charge is -2.34. The van der Waals surface area contributed by atoms with Gasteiger partial charge < -0.3 is 24.4 Å². The summed E-state index contributed by atoms with van der Waals surface area (Å²) in [6.07, 6.45) is 2.83. The number of benzene rings is 1. The van der Waals surface area contributed by atoms with Crippen molar-refractivity contribution in [2.45, 2.75) is 33.4 Å². The van der Waals surface area contributed by atoms with Gasteiger partial charge in [0.2, 0.25) is 0 Å². The number of piperazine rings is 1. The van der Waals surface area contributed by atoms with E-state index in [1.165, 1.54) is 0 Å². The Hall–Kier alpha value is -3.06. The smallest absolute Gasteiger partial charge is 0.254 e. The van der Waals surface area contributed by atoms with Crippen molar-refractivity contribution in [2.75, 3.05) is 45.2 Å². The second-order valence-electron chi connectivity index (χ2n) is 8.45. The van der Waals surface area contributed by atoms with E-state index in [1.807, 2.05) is 37.4 Å². The molecular weight excluding hydrogens is 402 g/mol. The van der Waals surface area contributed by atoms with Gasteiger partial charge in [0.15, 0.2) is 0 Å². The predicted molar refractivity (Wildman–Crippen MR) is 129 cm³/mol. The molecule has 0 saturated carbocycles. The number of carbonyl (C=O) groups is 1. The van der Waals surface area contributed by atoms with Gasteiger partial charge in [-0.1, -0.05) is 13.0 Å². The molecule has 1 fully saturated rings. The minimum absolute atomic E-state index is 0.0659. The lowest BCUT2D eigenvalue weighted by molar-refractivity contribution is 0.0951. The first-order chi connectivity index (χ1) is 15.5. The van der Waals surface area contributed by atoms with Gasteiger partial charge in [-0.15, -0.1) is 0 Å². The second-order valence-corrected chi connectivity index (χ2v) is 8.45. The number of nitrogens with one attached hydrogen (secondary N) is 1. The maximum absolute atomic E-state index is 13.4. The number of aromatic nitrogens is 2. The topological polar surface area (TPSA) is 62.6 Å². The fourth-order valence-electron chi connectivity index (χ4n) is 4.52. The van der Waals surface area contributed by atoms with Gasteiger partial charge in [0.1, 0.15) is 11.6 Å². The summed E-state index contributed by atoms with van der Waals surface area (Å²) in [4.78, 5) is 22.7. The van der Waals surface area contributed by atoms with Crippen LogP contribution in [0.25, 0.3) is 10.9 Å². The monoisotopic (exact) mass is 435 g/mol. The fourth-order valence-corrected chi connectivity index (χ4v) is 4.52. The summed E-state index contributed by atoms with van der Waals surface area (Å²) < 4.78 is 7.65. The molecule has 3 heterocycles. The molecule has 170 valence electrons. The molecule has 32 heavy (non-hydrogen) atoms. The van der Waals surface area contributed by atoms with Gasteiger partial charge in [-0.05, 0) is 44.7 Å². The van der Waals surface area contributed by atoms with Gasteiger partial charge in [0.05, 0.1) is 12.7 Å². The number of hydrogen-bond donors (Lipinski definition) is 1. The van der Waals surface area contributed by atoms with Crippen LogP contribution in [0.4, 0.5) is 5.82 Å². The summed E-state index contributed by atoms with van der Waals surface area (Å²) >= 11 is 0. The summed E-state index contributed by atoms with van der Waals surface area (Å²) in [5.41, 5.74) is 3.81. The Kier molecular flexibility index (Phi) is 6.65. The highest BCUT2D eigenvalue weighted by atomic mass is 16.5. The Labute approximate surface area is 190 Å². The van der Waals surface area contributed by atoms with Gasteiger partial charge in [-0.2, -0.15) is 0 Å². The molecule has 4 rings (SSSR count). The molecule has 3 aromatic rings. The van der Waals surface area contributed by atoms with Crippen LogP contribution in [0.5, 0.6) is 5.75 Å². The van der Waals surface area contributed by atoms with E-state index in [4.69, 9.17) is 4.74 Å². The van der Waals surface area contributed by atoms with Crippen LogP contribution >= 0.6 is 0 Å². The first kappa shape index (κ1) is 22.1. The zero-order valence-corrected chi connectivity index (χ0v) is 19.5. The van der Waals surface area contributed by atoms with Gasteiger partial charge in [0.25, 0.3) is 5.91 Å². The number of aryl methyl sites for hydroxylation is 1. The average molecular weight is 436 g/mol. The number of anilines is 1. The third kappa shape index (κ3) is 4.30. The van der Waals surface area contributed by atoms with Crippen molar-refractivity contribution in [2.24, 2.45) is 0 Å². The van der Waals surface area contributed by atoms with Crippen LogP contribution in [-0.2, 0) is 13.1 Å². The minimum Gasteiger partial charge on any atom is -0.497 e. The molecule has 1 aliphatic heterocycles. The van der Waals surface area contributed by atoms with Crippen LogP contribution < -0.4 is 15.0 Å². The number of amides is 1. The third-order valence-electron chi connectivity index (χ3n) is 6.31. The molecule has 0 aliphatic carbocycles. The van der Waals surface area contributed by atoms with Gasteiger partial charge in [0, 0.05) is 67.6 Å². The Morgan fingerprint density at radius 3 is 2.69 bits per heavy atom. The van der Waals surface area contributed by atoms with E-state index < -0.39 is 0 Å². The number of fused-ring (bicyclic) bond motifs is 1. The number of nitrogens with zero attached hydrogens (tertiary/aromatic N) is 4. The molecule has 0 atom stereocenters. The van der Waals surface area contributed by atoms with Crippen molar-refractivity contribution in [3.8, 4) is 5.75 Å². The van der Waals surface area contributed by atoms with E-state index in [1.54, 1.807) is 7.11 Å². The predicted octanol–water partition coefficient (Wildman–Crippen LogP) is 3.45. The number of methoxy groups -OCH3 is 1. The number of hydrogen-bond acceptors (Lipinski definition) is 5. The molecule has 1 amide bonds. The summed E-state index contributed by atoms with van der Waals surface area (Å²) in [5, 5.41) is 4.09. The Morgan fingerprint density at radius 1 is 1.19 bits per heavy atom. The molecule has 1 aliphatic rings. The van der Waals surface area contributed by atoms with Gasteiger partial charge in [-0.25, -0.2) is 4.98 Å². The quantitative estimate of drug-likeness (QED) is 0.616. The highest BCUT2D eigenvalue weighted by Crippen LogP contribution is 2.30. The van der Waals surface area contributed by atoms with Crippen LogP contribution in [0, 0.1) is 6.92 Å². The Morgan fingerprint density at radius 2 is 1.97 bits per heavy atom. The fraction of sp³-hybridized carbons (Fsp3) is 0.440. The summed E-state index contributed by atoms with van der Waals surface area (Å²) in [7, 11) is 3.79. The van der Waals surface area contributed by atoms with Crippen LogP contribution in [-0.4, -0.2) is 60.7 Å². The van der Waals surface area contributed by atoms with Crippen molar-refractivity contribution in [1.29, 1.82) is 0 Å². The van der Waals surface area contributed by atoms with Gasteiger partial charge in [-0.3, -0.25) is 4.79 Å². The lowest BCUT2D eigenvalue weighted by atomic mass is 10.1. The zero-order valence-electron chi connectivity index (χ0n) is 19.5. The molecule has 0 unspecified atom stereocenters. The van der Waals surface area contributed by atoms with E-state index in [2.05, 4.69) is 44.7 Å². The number of ether oxygens (including phenoxy) is 1. The number of carbonyl (C=O) groups excluding carboxylic acids is 1. The third-order valence-corrected chi connectivity index (χ3v) is 6.31. The molecule has 0 radical (unpaired) electrons. The summed E-state index contributed by atoms with van der Waals surface area (Å²) in [5.74, 6) is 1.65. The van der Waals surface area contributed by atoms with Crippen molar-refractivity contribution in [1.82, 2.24) is 19.8 Å². The highest BCUT2D eigenvalue weighted by Gasteiger charge is 2.22. The minimum atomic E-state index is -0.0659. The molecular formula is C25H33N5O2. The number of likely N-dealkylation sites (N-methyl/N-ethyl adjacent to an activating group) is 1. The standard InChI is InChI=1S/C25H33N5O2/c1-5-11-30-18(2)23(21-16-20(32-4)8-9-22(21)30)25(31)27-17-19-7-6-10-26-24(19)29-14-12-28(3)13-15-29/h6-10,16H,5,11-15,17H2,1-4H3,(H,27,31). The van der Waals surface area contributed by atoms with E-state index in [0.29, 0.717) is 6.54 Å². The number of rotatable bonds is 7. The Balaban J connectivity index is 1.60. The van der Waals surface area contributed by atoms with Crippen molar-refractivity contribution >= 4 is 22.6 Å². The zero-order chi connectivity index (χ0) is 22.7. The maximum Gasteiger partial charge on any atom is 0.254 e. The second kappa shape index (κ2) is 9.61. The molecule has 7 heteroatoms. The highest BCUT2D eigenvalue weighted by molar-refractivity contribution is 6.08. The summed E-state index contributed by atoms with van der Waals surface area (Å²) in [6.45, 7) is 9.40. The summed E-state index contributed by atoms with van der Waals surface area (Å²) in [6, 6.07) is 9.94. The lowest BCUT2D eigenvalue weighted by Crippen LogP contribution is -2.45. The molecule has 2 aromatic heterocycles. The first-order valence-electron chi connectivity index (χ1n) is 11.4. The molecule has 1 saturated heterocycles. The van der Waals surface area contributed by atoms with E-state index in [-0.39, 0.29) is 5.91 Å². The number of pyridine rings is 1. The molecule has 0 spiro atoms. The normalized spacial score (nSPS) is 14.7. The molecule has 0 bridgehead atoms. The van der Waals surface area contributed by atoms with Gasteiger partial charge >= 0.3 is 0 Å². The average Bonchev–Trinajstić information content (AvgIpc) is 3.09. The van der Waals surface area contributed by atoms with E-state index in [0.717, 1.165) is 78.4 Å². The first-order valence-corrected chi connectivity index (χ1v) is 11.4. The van der Waals surface area contributed by atoms with Crippen LogP contribution in [0.2, 0.25) is 0 Å². The van der Waals surface area contributed by atoms with Crippen LogP contribution in [0.1, 0.15) is 35.0 Å². The van der Waals surface area contributed by atoms with E-state index in [9.17, 15) is 4.79 Å². The largest absolute Gasteiger partial charge is 0.497 e. The molecule has 7 nitrogen and oxygen atoms in total. The van der Waals surface area contributed by atoms with Crippen LogP contribution in [0.3, 0.4) is 0 Å². The van der Waals surface area contributed by atoms with Crippen LogP contribution in [0.15, 0.2) is 36.5 Å². The van der Waals surface area contributed by atoms with Crippen molar-refractivity contribution in [3.63, 3.8) is 0 Å². The van der Waals surface area contributed by atoms with Crippen molar-refractivity contribution < 1.29 is 9.53 Å².